The Hall–Kier alpha value is -3.51. The molecular weight excluding hydrogens is 491 g/mol. The minimum Gasteiger partial charge on any atom is -0.481 e. The Labute approximate surface area is 221 Å². The number of carbonyl (C=O) groups excluding carboxylic acids is 1. The lowest BCUT2D eigenvalue weighted by Gasteiger charge is -2.32. The molecule has 5 nitrogen and oxygen atoms in total. The van der Waals surface area contributed by atoms with Crippen molar-refractivity contribution in [3.8, 4) is 0 Å². The van der Waals surface area contributed by atoms with Gasteiger partial charge in [-0.2, -0.15) is 0 Å². The van der Waals surface area contributed by atoms with Crippen molar-refractivity contribution in [2.24, 2.45) is 4.99 Å². The van der Waals surface area contributed by atoms with Crippen LogP contribution in [-0.2, 0) is 4.79 Å². The van der Waals surface area contributed by atoms with Gasteiger partial charge in [-0.3, -0.25) is 14.6 Å². The molecule has 1 aliphatic rings. The lowest BCUT2D eigenvalue weighted by Crippen LogP contribution is -2.26. The topological polar surface area (TPSA) is 78.8 Å². The number of aliphatic imine (C=N–C) groups is 1. The molecule has 1 aliphatic heterocycles. The van der Waals surface area contributed by atoms with E-state index in [0.717, 1.165) is 35.1 Å². The number of carbonyl (C=O) groups is 2. The van der Waals surface area contributed by atoms with Crippen LogP contribution in [0.5, 0.6) is 0 Å². The molecule has 37 heavy (non-hydrogen) atoms. The number of hydrogen-bond donors (Lipinski definition) is 2. The highest BCUT2D eigenvalue weighted by atomic mass is 35.5. The van der Waals surface area contributed by atoms with E-state index < -0.39 is 5.97 Å². The normalized spacial score (nSPS) is 15.7. The van der Waals surface area contributed by atoms with Gasteiger partial charge >= 0.3 is 5.97 Å². The number of aryl methyl sites for hydroxylation is 1. The van der Waals surface area contributed by atoms with Crippen molar-refractivity contribution in [2.75, 3.05) is 6.54 Å². The van der Waals surface area contributed by atoms with Gasteiger partial charge in [-0.1, -0.05) is 55.3 Å². The summed E-state index contributed by atoms with van der Waals surface area (Å²) in [5, 5.41) is 12.1. The van der Waals surface area contributed by atoms with E-state index in [9.17, 15) is 14.0 Å². The van der Waals surface area contributed by atoms with Crippen molar-refractivity contribution in [1.82, 2.24) is 5.32 Å². The first kappa shape index (κ1) is 26.6. The van der Waals surface area contributed by atoms with Crippen LogP contribution in [0.3, 0.4) is 0 Å². The first-order valence-corrected chi connectivity index (χ1v) is 12.9. The Morgan fingerprint density at radius 1 is 1.08 bits per heavy atom. The SMILES string of the molecule is CCC[C@@H](c1ccc(C(=O)NCCC(=O)O)cc1)[C@H](c1ccc(Cl)cc1)C1C=Nc2c(F)cc(C)cc21. The van der Waals surface area contributed by atoms with E-state index in [1.165, 1.54) is 6.07 Å². The van der Waals surface area contributed by atoms with Crippen LogP contribution in [0.25, 0.3) is 0 Å². The minimum atomic E-state index is -0.960. The molecule has 2 N–H and O–H groups in total. The van der Waals surface area contributed by atoms with Gasteiger partial charge in [-0.15, -0.1) is 0 Å². The zero-order valence-electron chi connectivity index (χ0n) is 20.9. The summed E-state index contributed by atoms with van der Waals surface area (Å²) in [6.45, 7) is 4.10. The maximum absolute atomic E-state index is 14.8. The van der Waals surface area contributed by atoms with Gasteiger partial charge in [0.1, 0.15) is 11.5 Å². The lowest BCUT2D eigenvalue weighted by molar-refractivity contribution is -0.136. The fraction of sp³-hybridized carbons (Fsp3) is 0.300. The van der Waals surface area contributed by atoms with Crippen molar-refractivity contribution < 1.29 is 19.1 Å². The zero-order chi connectivity index (χ0) is 26.5. The molecule has 3 aromatic carbocycles. The third kappa shape index (κ3) is 6.08. The second kappa shape index (κ2) is 11.7. The highest BCUT2D eigenvalue weighted by Crippen LogP contribution is 2.50. The zero-order valence-corrected chi connectivity index (χ0v) is 21.6. The lowest BCUT2D eigenvalue weighted by atomic mass is 9.70. The van der Waals surface area contributed by atoms with Gasteiger partial charge in [0.25, 0.3) is 5.91 Å². The maximum Gasteiger partial charge on any atom is 0.305 e. The molecule has 4 rings (SSSR count). The van der Waals surface area contributed by atoms with Crippen LogP contribution in [0.1, 0.15) is 76.6 Å². The quantitative estimate of drug-likeness (QED) is 0.297. The Kier molecular flexibility index (Phi) is 8.39. The summed E-state index contributed by atoms with van der Waals surface area (Å²) in [4.78, 5) is 27.7. The molecule has 0 saturated carbocycles. The molecule has 1 unspecified atom stereocenters. The van der Waals surface area contributed by atoms with Crippen LogP contribution in [0.15, 0.2) is 65.7 Å². The molecule has 3 aromatic rings. The molecule has 0 fully saturated rings. The molecule has 0 radical (unpaired) electrons. The van der Waals surface area contributed by atoms with E-state index in [2.05, 4.69) is 17.2 Å². The molecular formula is C30H30ClFN2O3. The number of amides is 1. The molecule has 0 aromatic heterocycles. The molecule has 7 heteroatoms. The summed E-state index contributed by atoms with van der Waals surface area (Å²) < 4.78 is 14.8. The Morgan fingerprint density at radius 3 is 2.41 bits per heavy atom. The van der Waals surface area contributed by atoms with E-state index >= 15 is 0 Å². The fourth-order valence-electron chi connectivity index (χ4n) is 5.18. The largest absolute Gasteiger partial charge is 0.481 e. The summed E-state index contributed by atoms with van der Waals surface area (Å²) in [7, 11) is 0. The first-order chi connectivity index (χ1) is 17.8. The fourth-order valence-corrected chi connectivity index (χ4v) is 5.31. The molecule has 0 aliphatic carbocycles. The Bertz CT molecular complexity index is 1310. The molecule has 1 heterocycles. The molecule has 0 saturated heterocycles. The highest BCUT2D eigenvalue weighted by molar-refractivity contribution is 6.30. The van der Waals surface area contributed by atoms with Gasteiger partial charge in [-0.25, -0.2) is 4.39 Å². The van der Waals surface area contributed by atoms with E-state index in [4.69, 9.17) is 16.7 Å². The molecule has 0 bridgehead atoms. The van der Waals surface area contributed by atoms with Gasteiger partial charge in [0.15, 0.2) is 0 Å². The summed E-state index contributed by atoms with van der Waals surface area (Å²) in [6, 6.07) is 18.8. The van der Waals surface area contributed by atoms with Crippen molar-refractivity contribution in [3.05, 3.63) is 99.3 Å². The average molecular weight is 521 g/mol. The predicted octanol–water partition coefficient (Wildman–Crippen LogP) is 7.16. The predicted molar refractivity (Wildman–Crippen MR) is 145 cm³/mol. The van der Waals surface area contributed by atoms with Gasteiger partial charge < -0.3 is 10.4 Å². The number of nitrogens with zero attached hydrogens (tertiary/aromatic N) is 1. The van der Waals surface area contributed by atoms with Crippen molar-refractivity contribution in [3.63, 3.8) is 0 Å². The number of nitrogens with one attached hydrogen (secondary N) is 1. The number of fused-ring (bicyclic) bond motifs is 1. The van der Waals surface area contributed by atoms with Gasteiger partial charge in [0, 0.05) is 35.2 Å². The second-order valence-electron chi connectivity index (χ2n) is 9.48. The van der Waals surface area contributed by atoms with Crippen LogP contribution in [0.2, 0.25) is 5.02 Å². The smallest absolute Gasteiger partial charge is 0.305 e. The van der Waals surface area contributed by atoms with Crippen LogP contribution in [-0.4, -0.2) is 29.7 Å². The number of hydrogen-bond acceptors (Lipinski definition) is 3. The number of carboxylic acids is 1. The van der Waals surface area contributed by atoms with Crippen LogP contribution >= 0.6 is 11.6 Å². The molecule has 192 valence electrons. The van der Waals surface area contributed by atoms with Gasteiger partial charge in [0.05, 0.1) is 6.42 Å². The standard InChI is InChI=1S/C30H30ClFN2O3/c1-3-4-23(19-5-7-21(8-6-19)30(37)33-14-13-27(35)36)28(20-9-11-22(31)12-10-20)25-17-34-29-24(25)15-18(2)16-26(29)32/h5-12,15-17,23,25,28H,3-4,13-14H2,1-2H3,(H,33,37)(H,35,36)/t23-,25?,28-/m0/s1. The summed E-state index contributed by atoms with van der Waals surface area (Å²) >= 11 is 6.21. The van der Waals surface area contributed by atoms with Crippen LogP contribution in [0.4, 0.5) is 10.1 Å². The van der Waals surface area contributed by atoms with Crippen LogP contribution < -0.4 is 5.32 Å². The number of rotatable bonds is 10. The number of aliphatic carboxylic acids is 1. The van der Waals surface area contributed by atoms with E-state index in [-0.39, 0.29) is 42.4 Å². The van der Waals surface area contributed by atoms with Crippen molar-refractivity contribution in [1.29, 1.82) is 0 Å². The van der Waals surface area contributed by atoms with Gasteiger partial charge in [-0.05, 0) is 71.8 Å². The highest BCUT2D eigenvalue weighted by Gasteiger charge is 2.36. The van der Waals surface area contributed by atoms with E-state index in [0.29, 0.717) is 16.3 Å². The number of halogens is 2. The third-order valence-corrected chi connectivity index (χ3v) is 7.11. The van der Waals surface area contributed by atoms with Crippen molar-refractivity contribution >= 4 is 35.4 Å². The van der Waals surface area contributed by atoms with E-state index in [1.54, 1.807) is 12.1 Å². The minimum absolute atomic E-state index is 0.0290. The summed E-state index contributed by atoms with van der Waals surface area (Å²) in [5.41, 5.74) is 4.76. The molecule has 1 amide bonds. The third-order valence-electron chi connectivity index (χ3n) is 6.86. The average Bonchev–Trinajstić information content (AvgIpc) is 3.28. The second-order valence-corrected chi connectivity index (χ2v) is 9.92. The van der Waals surface area contributed by atoms with Gasteiger partial charge in [0.2, 0.25) is 0 Å². The summed E-state index contributed by atoms with van der Waals surface area (Å²) in [6.07, 6.45) is 3.55. The monoisotopic (exact) mass is 520 g/mol. The number of carboxylic acid groups (broad SMARTS) is 1. The number of benzene rings is 3. The summed E-state index contributed by atoms with van der Waals surface area (Å²) in [5.74, 6) is -1.66. The van der Waals surface area contributed by atoms with Crippen LogP contribution in [0, 0.1) is 12.7 Å². The maximum atomic E-state index is 14.8. The van der Waals surface area contributed by atoms with E-state index in [1.807, 2.05) is 55.6 Å². The Balaban J connectivity index is 1.71. The first-order valence-electron chi connectivity index (χ1n) is 12.5. The molecule has 3 atom stereocenters. The Morgan fingerprint density at radius 2 is 1.76 bits per heavy atom. The molecule has 0 spiro atoms. The van der Waals surface area contributed by atoms with Crippen molar-refractivity contribution in [2.45, 2.75) is 50.9 Å².